The molecule has 0 saturated carbocycles. The standard InChI is InChI=1S/C18H10O5/c19-7-13-14(8-20)16-11-4-2-1-3-10(11)5-6-12(16)17(18(22)23)15(13)9-21/h1-9H,(H,22,23). The van der Waals surface area contributed by atoms with Crippen LogP contribution in [0.1, 0.15) is 41.4 Å². The van der Waals surface area contributed by atoms with Crippen LogP contribution in [0.5, 0.6) is 0 Å². The lowest BCUT2D eigenvalue weighted by molar-refractivity contribution is 0.0696. The average molecular weight is 306 g/mol. The fourth-order valence-corrected chi connectivity index (χ4v) is 2.93. The molecule has 3 aromatic carbocycles. The minimum Gasteiger partial charge on any atom is -0.478 e. The Morgan fingerprint density at radius 3 is 2.04 bits per heavy atom. The Morgan fingerprint density at radius 2 is 1.43 bits per heavy atom. The Kier molecular flexibility index (Phi) is 3.46. The van der Waals surface area contributed by atoms with E-state index in [2.05, 4.69) is 0 Å². The zero-order valence-electron chi connectivity index (χ0n) is 11.8. The van der Waals surface area contributed by atoms with Crippen molar-refractivity contribution in [2.24, 2.45) is 0 Å². The lowest BCUT2D eigenvalue weighted by atomic mass is 9.88. The van der Waals surface area contributed by atoms with Crippen LogP contribution in [0.25, 0.3) is 21.5 Å². The molecule has 1 N–H and O–H groups in total. The molecule has 112 valence electrons. The molecule has 5 nitrogen and oxygen atoms in total. The molecule has 0 atom stereocenters. The van der Waals surface area contributed by atoms with Gasteiger partial charge in [-0.05, 0) is 16.2 Å². The smallest absolute Gasteiger partial charge is 0.337 e. The molecule has 0 aliphatic heterocycles. The van der Waals surface area contributed by atoms with Crippen molar-refractivity contribution in [2.75, 3.05) is 0 Å². The van der Waals surface area contributed by atoms with Crippen molar-refractivity contribution in [3.63, 3.8) is 0 Å². The van der Waals surface area contributed by atoms with E-state index < -0.39 is 5.97 Å². The lowest BCUT2D eigenvalue weighted by Gasteiger charge is -2.14. The van der Waals surface area contributed by atoms with Crippen molar-refractivity contribution in [1.82, 2.24) is 0 Å². The van der Waals surface area contributed by atoms with Gasteiger partial charge in [-0.1, -0.05) is 36.4 Å². The van der Waals surface area contributed by atoms with Crippen LogP contribution < -0.4 is 0 Å². The highest BCUT2D eigenvalue weighted by Crippen LogP contribution is 2.34. The highest BCUT2D eigenvalue weighted by Gasteiger charge is 2.23. The third-order valence-electron chi connectivity index (χ3n) is 3.88. The number of rotatable bonds is 4. The fraction of sp³-hybridized carbons (Fsp3) is 0. The van der Waals surface area contributed by atoms with Crippen LogP contribution in [0.15, 0.2) is 36.4 Å². The number of aldehydes is 3. The number of carbonyl (C=O) groups excluding carboxylic acids is 3. The summed E-state index contributed by atoms with van der Waals surface area (Å²) < 4.78 is 0. The van der Waals surface area contributed by atoms with Crippen LogP contribution in [-0.4, -0.2) is 29.9 Å². The monoisotopic (exact) mass is 306 g/mol. The number of carboxylic acid groups (broad SMARTS) is 1. The van der Waals surface area contributed by atoms with Crippen LogP contribution in [-0.2, 0) is 0 Å². The van der Waals surface area contributed by atoms with Gasteiger partial charge in [0.15, 0.2) is 18.9 Å². The van der Waals surface area contributed by atoms with Crippen molar-refractivity contribution in [3.05, 3.63) is 58.7 Å². The largest absolute Gasteiger partial charge is 0.478 e. The number of fused-ring (bicyclic) bond motifs is 3. The molecule has 3 aromatic rings. The molecular weight excluding hydrogens is 296 g/mol. The molecule has 0 aliphatic carbocycles. The van der Waals surface area contributed by atoms with Crippen LogP contribution >= 0.6 is 0 Å². The third kappa shape index (κ3) is 2.02. The van der Waals surface area contributed by atoms with Crippen molar-refractivity contribution >= 4 is 46.4 Å². The molecule has 0 bridgehead atoms. The molecule has 0 aromatic heterocycles. The zero-order chi connectivity index (χ0) is 16.6. The normalized spacial score (nSPS) is 10.6. The first-order valence-corrected chi connectivity index (χ1v) is 6.74. The van der Waals surface area contributed by atoms with Gasteiger partial charge in [-0.3, -0.25) is 14.4 Å². The lowest BCUT2D eigenvalue weighted by Crippen LogP contribution is -2.10. The maximum absolute atomic E-state index is 11.6. The molecular formula is C18H10O5. The molecule has 3 rings (SSSR count). The summed E-state index contributed by atoms with van der Waals surface area (Å²) in [5.74, 6) is -1.33. The summed E-state index contributed by atoms with van der Waals surface area (Å²) >= 11 is 0. The quantitative estimate of drug-likeness (QED) is 0.591. The van der Waals surface area contributed by atoms with Crippen molar-refractivity contribution in [2.45, 2.75) is 0 Å². The SMILES string of the molecule is O=Cc1c(C=O)c(C=O)c2c(ccc3ccccc32)c1C(=O)O. The second-order valence-corrected chi connectivity index (χ2v) is 4.98. The van der Waals surface area contributed by atoms with E-state index in [0.717, 1.165) is 5.39 Å². The summed E-state index contributed by atoms with van der Waals surface area (Å²) in [5.41, 5.74) is -0.721. The Hall–Kier alpha value is -3.34. The van der Waals surface area contributed by atoms with Gasteiger partial charge in [-0.15, -0.1) is 0 Å². The van der Waals surface area contributed by atoms with Crippen LogP contribution in [0.4, 0.5) is 0 Å². The van der Waals surface area contributed by atoms with Gasteiger partial charge in [0.2, 0.25) is 0 Å². The first-order valence-electron chi connectivity index (χ1n) is 6.74. The summed E-state index contributed by atoms with van der Waals surface area (Å²) in [5, 5.41) is 11.6. The Morgan fingerprint density at radius 1 is 0.783 bits per heavy atom. The number of carbonyl (C=O) groups is 4. The third-order valence-corrected chi connectivity index (χ3v) is 3.88. The molecule has 0 heterocycles. The fourth-order valence-electron chi connectivity index (χ4n) is 2.93. The number of hydrogen-bond acceptors (Lipinski definition) is 4. The molecule has 0 spiro atoms. The molecule has 5 heteroatoms. The van der Waals surface area contributed by atoms with E-state index >= 15 is 0 Å². The van der Waals surface area contributed by atoms with Gasteiger partial charge in [0.1, 0.15) is 0 Å². The van der Waals surface area contributed by atoms with E-state index in [-0.39, 0.29) is 27.6 Å². The first-order chi connectivity index (χ1) is 11.1. The van der Waals surface area contributed by atoms with Gasteiger partial charge in [-0.2, -0.15) is 0 Å². The molecule has 0 amide bonds. The maximum atomic E-state index is 11.6. The Bertz CT molecular complexity index is 1000. The number of carboxylic acids is 1. The molecule has 0 saturated heterocycles. The van der Waals surface area contributed by atoms with E-state index in [9.17, 15) is 24.3 Å². The number of benzene rings is 3. The highest BCUT2D eigenvalue weighted by atomic mass is 16.4. The molecule has 0 fully saturated rings. The first kappa shape index (κ1) is 14.6. The summed E-state index contributed by atoms with van der Waals surface area (Å²) in [7, 11) is 0. The van der Waals surface area contributed by atoms with Gasteiger partial charge < -0.3 is 5.11 Å². The van der Waals surface area contributed by atoms with E-state index in [1.54, 1.807) is 24.3 Å². The Balaban J connectivity index is 2.74. The predicted molar refractivity (Wildman–Crippen MR) is 84.6 cm³/mol. The average Bonchev–Trinajstić information content (AvgIpc) is 2.58. The predicted octanol–water partition coefficient (Wildman–Crippen LogP) is 3.13. The Labute approximate surface area is 130 Å². The van der Waals surface area contributed by atoms with Crippen molar-refractivity contribution in [1.29, 1.82) is 0 Å². The van der Waals surface area contributed by atoms with Crippen LogP contribution in [0, 0.1) is 0 Å². The summed E-state index contributed by atoms with van der Waals surface area (Å²) in [6, 6.07) is 10.4. The van der Waals surface area contributed by atoms with Gasteiger partial charge in [0.05, 0.1) is 5.56 Å². The number of hydrogen-bond donors (Lipinski definition) is 1. The maximum Gasteiger partial charge on any atom is 0.337 e. The summed E-state index contributed by atoms with van der Waals surface area (Å²) in [4.78, 5) is 46.0. The molecule has 0 unspecified atom stereocenters. The van der Waals surface area contributed by atoms with E-state index in [1.807, 2.05) is 12.1 Å². The zero-order valence-corrected chi connectivity index (χ0v) is 11.8. The van der Waals surface area contributed by atoms with Crippen molar-refractivity contribution in [3.8, 4) is 0 Å². The van der Waals surface area contributed by atoms with Gasteiger partial charge in [0, 0.05) is 22.1 Å². The van der Waals surface area contributed by atoms with Gasteiger partial charge >= 0.3 is 5.97 Å². The second kappa shape index (κ2) is 5.46. The topological polar surface area (TPSA) is 88.5 Å². The van der Waals surface area contributed by atoms with E-state index in [4.69, 9.17) is 0 Å². The minimum absolute atomic E-state index is 0.0268. The van der Waals surface area contributed by atoms with Crippen LogP contribution in [0.3, 0.4) is 0 Å². The number of aromatic carboxylic acids is 1. The second-order valence-electron chi connectivity index (χ2n) is 4.98. The molecule has 0 aliphatic rings. The van der Waals surface area contributed by atoms with Gasteiger partial charge in [0.25, 0.3) is 0 Å². The van der Waals surface area contributed by atoms with Gasteiger partial charge in [-0.25, -0.2) is 4.79 Å². The van der Waals surface area contributed by atoms with Crippen molar-refractivity contribution < 1.29 is 24.3 Å². The molecule has 0 radical (unpaired) electrons. The summed E-state index contributed by atoms with van der Waals surface area (Å²) in [6.45, 7) is 0. The highest BCUT2D eigenvalue weighted by molar-refractivity contribution is 6.24. The van der Waals surface area contributed by atoms with E-state index in [0.29, 0.717) is 29.6 Å². The molecule has 23 heavy (non-hydrogen) atoms. The van der Waals surface area contributed by atoms with E-state index in [1.165, 1.54) is 0 Å². The minimum atomic E-state index is -1.33. The summed E-state index contributed by atoms with van der Waals surface area (Å²) in [6.07, 6.45) is 1.13. The van der Waals surface area contributed by atoms with Crippen LogP contribution in [0.2, 0.25) is 0 Å².